The maximum Gasteiger partial charge on any atom is 0.0459 e. The molecule has 0 bridgehead atoms. The maximum atomic E-state index is 6.24. The molecule has 0 aromatic rings. The van der Waals surface area contributed by atoms with Gasteiger partial charge in [0.1, 0.15) is 0 Å². The van der Waals surface area contributed by atoms with Crippen molar-refractivity contribution in [1.29, 1.82) is 0 Å². The summed E-state index contributed by atoms with van der Waals surface area (Å²) in [5.74, 6) is 0. The monoisotopic (exact) mass is 266 g/mol. The van der Waals surface area contributed by atoms with Gasteiger partial charge in [0.05, 0.1) is 0 Å². The van der Waals surface area contributed by atoms with E-state index >= 15 is 0 Å². The van der Waals surface area contributed by atoms with Crippen molar-refractivity contribution in [1.82, 2.24) is 14.7 Å². The number of hydrogen-bond acceptors (Lipinski definition) is 4. The number of nitrogens with zero attached hydrogens (tertiary/aromatic N) is 3. The average Bonchev–Trinajstić information content (AvgIpc) is 2.75. The second-order valence-corrected chi connectivity index (χ2v) is 6.90. The van der Waals surface area contributed by atoms with Gasteiger partial charge in [-0.1, -0.05) is 0 Å². The summed E-state index contributed by atoms with van der Waals surface area (Å²) in [7, 11) is 2.25. The van der Waals surface area contributed by atoms with Gasteiger partial charge in [0.25, 0.3) is 0 Å². The predicted octanol–water partition coefficient (Wildman–Crippen LogP) is 0.580. The van der Waals surface area contributed by atoms with E-state index in [-0.39, 0.29) is 5.54 Å². The summed E-state index contributed by atoms with van der Waals surface area (Å²) in [6.07, 6.45) is 6.71. The molecule has 3 aliphatic heterocycles. The highest BCUT2D eigenvalue weighted by Crippen LogP contribution is 2.30. The van der Waals surface area contributed by atoms with Crippen LogP contribution in [0.2, 0.25) is 0 Å². The van der Waals surface area contributed by atoms with Crippen LogP contribution < -0.4 is 5.73 Å². The van der Waals surface area contributed by atoms with Gasteiger partial charge in [0, 0.05) is 37.8 Å². The maximum absolute atomic E-state index is 6.24. The zero-order valence-corrected chi connectivity index (χ0v) is 12.5. The summed E-state index contributed by atoms with van der Waals surface area (Å²) in [6.45, 7) is 8.36. The van der Waals surface area contributed by atoms with Gasteiger partial charge in [0.2, 0.25) is 0 Å². The molecule has 3 saturated heterocycles. The lowest BCUT2D eigenvalue weighted by molar-refractivity contribution is 0.0216. The van der Waals surface area contributed by atoms with Crippen LogP contribution in [0, 0.1) is 0 Å². The normalized spacial score (nSPS) is 39.2. The number of nitrogens with two attached hydrogens (primary N) is 1. The molecule has 3 heterocycles. The fourth-order valence-corrected chi connectivity index (χ4v) is 4.53. The third-order valence-corrected chi connectivity index (χ3v) is 5.60. The molecule has 0 spiro atoms. The van der Waals surface area contributed by atoms with E-state index in [0.717, 1.165) is 19.1 Å². The minimum atomic E-state index is 0.256. The van der Waals surface area contributed by atoms with Gasteiger partial charge in [-0.3, -0.25) is 9.80 Å². The van der Waals surface area contributed by atoms with Crippen molar-refractivity contribution in [2.45, 2.75) is 43.7 Å². The molecule has 0 aromatic heterocycles. The minimum Gasteiger partial charge on any atom is -0.329 e. The lowest BCUT2D eigenvalue weighted by Crippen LogP contribution is -2.63. The van der Waals surface area contributed by atoms with Gasteiger partial charge in [-0.05, 0) is 58.8 Å². The Morgan fingerprint density at radius 1 is 1.11 bits per heavy atom. The van der Waals surface area contributed by atoms with Gasteiger partial charge < -0.3 is 10.6 Å². The number of fused-ring (bicyclic) bond motifs is 1. The van der Waals surface area contributed by atoms with Crippen molar-refractivity contribution in [3.8, 4) is 0 Å². The highest BCUT2D eigenvalue weighted by atomic mass is 15.3. The molecule has 110 valence electrons. The first-order valence-electron chi connectivity index (χ1n) is 8.11. The molecular formula is C15H30N4. The Bertz CT molecular complexity index is 309. The van der Waals surface area contributed by atoms with E-state index in [1.54, 1.807) is 0 Å². The van der Waals surface area contributed by atoms with E-state index in [9.17, 15) is 0 Å². The van der Waals surface area contributed by atoms with Crippen molar-refractivity contribution in [2.24, 2.45) is 5.73 Å². The molecule has 2 unspecified atom stereocenters. The Balaban J connectivity index is 1.74. The fraction of sp³-hybridized carbons (Fsp3) is 1.00. The SMILES string of the molecule is CN1CCCC(CN)(N2CCCN3CCCC3C2)C1. The Kier molecular flexibility index (Phi) is 4.13. The lowest BCUT2D eigenvalue weighted by atomic mass is 9.86. The molecule has 0 aliphatic carbocycles. The first kappa shape index (κ1) is 13.8. The standard InChI is InChI=1S/C15H30N4/c1-17-7-3-6-15(12-16,13-17)19-10-4-9-18-8-2-5-14(18)11-19/h14H,2-13,16H2,1H3. The van der Waals surface area contributed by atoms with E-state index in [0.29, 0.717) is 0 Å². The molecule has 0 saturated carbocycles. The molecule has 0 radical (unpaired) electrons. The number of hydrogen-bond donors (Lipinski definition) is 1. The van der Waals surface area contributed by atoms with Crippen LogP contribution in [0.15, 0.2) is 0 Å². The zero-order valence-electron chi connectivity index (χ0n) is 12.5. The van der Waals surface area contributed by atoms with E-state index in [4.69, 9.17) is 5.73 Å². The Morgan fingerprint density at radius 2 is 1.95 bits per heavy atom. The largest absolute Gasteiger partial charge is 0.329 e. The molecule has 3 fully saturated rings. The summed E-state index contributed by atoms with van der Waals surface area (Å²) < 4.78 is 0. The summed E-state index contributed by atoms with van der Waals surface area (Å²) in [4.78, 5) is 7.96. The molecular weight excluding hydrogens is 236 g/mol. The molecule has 2 N–H and O–H groups in total. The Hall–Kier alpha value is -0.160. The number of likely N-dealkylation sites (N-methyl/N-ethyl adjacent to an activating group) is 1. The molecule has 3 rings (SSSR count). The third-order valence-electron chi connectivity index (χ3n) is 5.60. The van der Waals surface area contributed by atoms with Gasteiger partial charge in [-0.25, -0.2) is 0 Å². The van der Waals surface area contributed by atoms with Gasteiger partial charge in [0.15, 0.2) is 0 Å². The Labute approximate surface area is 117 Å². The van der Waals surface area contributed by atoms with Crippen molar-refractivity contribution in [3.05, 3.63) is 0 Å². The minimum absolute atomic E-state index is 0.256. The van der Waals surface area contributed by atoms with Crippen molar-refractivity contribution >= 4 is 0 Å². The van der Waals surface area contributed by atoms with E-state index < -0.39 is 0 Å². The van der Waals surface area contributed by atoms with Crippen LogP contribution in [0.5, 0.6) is 0 Å². The quantitative estimate of drug-likeness (QED) is 0.793. The molecule has 4 nitrogen and oxygen atoms in total. The molecule has 2 atom stereocenters. The molecule has 0 aromatic carbocycles. The van der Waals surface area contributed by atoms with Crippen LogP contribution in [-0.2, 0) is 0 Å². The van der Waals surface area contributed by atoms with E-state index in [1.807, 2.05) is 0 Å². The van der Waals surface area contributed by atoms with Gasteiger partial charge in [-0.15, -0.1) is 0 Å². The highest BCUT2D eigenvalue weighted by Gasteiger charge is 2.41. The van der Waals surface area contributed by atoms with Crippen LogP contribution in [0.25, 0.3) is 0 Å². The van der Waals surface area contributed by atoms with Crippen LogP contribution >= 0.6 is 0 Å². The average molecular weight is 266 g/mol. The molecule has 0 amide bonds. The van der Waals surface area contributed by atoms with Gasteiger partial charge >= 0.3 is 0 Å². The molecule has 19 heavy (non-hydrogen) atoms. The van der Waals surface area contributed by atoms with E-state index in [1.165, 1.54) is 64.8 Å². The number of rotatable bonds is 2. The van der Waals surface area contributed by atoms with Gasteiger partial charge in [-0.2, -0.15) is 0 Å². The zero-order chi connectivity index (χ0) is 13.3. The lowest BCUT2D eigenvalue weighted by Gasteiger charge is -2.49. The van der Waals surface area contributed by atoms with Crippen molar-refractivity contribution in [3.63, 3.8) is 0 Å². The Morgan fingerprint density at radius 3 is 2.74 bits per heavy atom. The second kappa shape index (κ2) is 5.68. The smallest absolute Gasteiger partial charge is 0.0459 e. The topological polar surface area (TPSA) is 35.7 Å². The van der Waals surface area contributed by atoms with Crippen LogP contribution in [0.1, 0.15) is 32.1 Å². The number of likely N-dealkylation sites (tertiary alicyclic amines) is 1. The predicted molar refractivity (Wildman–Crippen MR) is 79.3 cm³/mol. The summed E-state index contributed by atoms with van der Waals surface area (Å²) in [5.41, 5.74) is 6.49. The summed E-state index contributed by atoms with van der Waals surface area (Å²) in [6, 6.07) is 0.804. The van der Waals surface area contributed by atoms with Crippen LogP contribution in [0.4, 0.5) is 0 Å². The molecule has 3 aliphatic rings. The number of piperidine rings is 1. The van der Waals surface area contributed by atoms with E-state index in [2.05, 4.69) is 21.7 Å². The molecule has 4 heteroatoms. The van der Waals surface area contributed by atoms with Crippen LogP contribution in [0.3, 0.4) is 0 Å². The fourth-order valence-electron chi connectivity index (χ4n) is 4.53. The van der Waals surface area contributed by atoms with Crippen molar-refractivity contribution < 1.29 is 0 Å². The summed E-state index contributed by atoms with van der Waals surface area (Å²) in [5, 5.41) is 0. The highest BCUT2D eigenvalue weighted by molar-refractivity contribution is 5.00. The van der Waals surface area contributed by atoms with Crippen molar-refractivity contribution in [2.75, 3.05) is 52.9 Å². The second-order valence-electron chi connectivity index (χ2n) is 6.90. The summed E-state index contributed by atoms with van der Waals surface area (Å²) >= 11 is 0. The van der Waals surface area contributed by atoms with Crippen LogP contribution in [-0.4, -0.2) is 79.1 Å². The first-order valence-corrected chi connectivity index (χ1v) is 8.11. The first-order chi connectivity index (χ1) is 9.23. The third kappa shape index (κ3) is 2.68.